The fraction of sp³-hybridized carbons (Fsp3) is 0.267. The minimum Gasteiger partial charge on any atom is -0.497 e. The van der Waals surface area contributed by atoms with Crippen molar-refractivity contribution in [3.05, 3.63) is 58.5 Å². The second-order valence-electron chi connectivity index (χ2n) is 4.26. The third kappa shape index (κ3) is 3.61. The second-order valence-corrected chi connectivity index (χ2v) is 4.26. The fourth-order valence-corrected chi connectivity index (χ4v) is 1.76. The van der Waals surface area contributed by atoms with Crippen molar-refractivity contribution in [3.8, 4) is 11.5 Å². The summed E-state index contributed by atoms with van der Waals surface area (Å²) in [5, 5.41) is 0. The van der Waals surface area contributed by atoms with Crippen LogP contribution in [0.2, 0.25) is 0 Å². The summed E-state index contributed by atoms with van der Waals surface area (Å²) in [5.41, 5.74) is 1.05. The van der Waals surface area contributed by atoms with Gasteiger partial charge in [-0.2, -0.15) is 0 Å². The van der Waals surface area contributed by atoms with E-state index in [2.05, 4.69) is 0 Å². The van der Waals surface area contributed by atoms with E-state index < -0.39 is 0 Å². The summed E-state index contributed by atoms with van der Waals surface area (Å²) in [6, 6.07) is 10.8. The highest BCUT2D eigenvalue weighted by atomic mass is 16.5. The number of hydrogen-bond donors (Lipinski definition) is 0. The molecule has 0 radical (unpaired) electrons. The molecule has 2 aromatic rings. The van der Waals surface area contributed by atoms with Crippen molar-refractivity contribution in [2.24, 2.45) is 0 Å². The van der Waals surface area contributed by atoms with Gasteiger partial charge in [-0.05, 0) is 36.8 Å². The SMILES string of the molecule is COc1ccc(OCCn2cc(C)ccc2=O)cc1. The summed E-state index contributed by atoms with van der Waals surface area (Å²) in [7, 11) is 1.63. The van der Waals surface area contributed by atoms with Crippen LogP contribution >= 0.6 is 0 Å². The molecule has 100 valence electrons. The molecule has 0 aliphatic heterocycles. The Bertz CT molecular complexity index is 587. The molecule has 1 aromatic heterocycles. The molecule has 2 rings (SSSR count). The van der Waals surface area contributed by atoms with Crippen LogP contribution in [-0.2, 0) is 6.54 Å². The van der Waals surface area contributed by atoms with Gasteiger partial charge in [0.25, 0.3) is 5.56 Å². The molecule has 1 aromatic carbocycles. The van der Waals surface area contributed by atoms with Gasteiger partial charge in [-0.15, -0.1) is 0 Å². The summed E-state index contributed by atoms with van der Waals surface area (Å²) >= 11 is 0. The maximum absolute atomic E-state index is 11.6. The van der Waals surface area contributed by atoms with Gasteiger partial charge in [-0.1, -0.05) is 6.07 Å². The summed E-state index contributed by atoms with van der Waals surface area (Å²) in [6.45, 7) is 2.95. The first-order valence-corrected chi connectivity index (χ1v) is 6.13. The van der Waals surface area contributed by atoms with E-state index in [1.165, 1.54) is 0 Å². The highest BCUT2D eigenvalue weighted by molar-refractivity contribution is 5.31. The third-order valence-electron chi connectivity index (χ3n) is 2.79. The summed E-state index contributed by atoms with van der Waals surface area (Å²) in [6.07, 6.45) is 1.83. The van der Waals surface area contributed by atoms with Gasteiger partial charge in [0, 0.05) is 12.3 Å². The van der Waals surface area contributed by atoms with Crippen LogP contribution in [0.5, 0.6) is 11.5 Å². The number of ether oxygens (including phenoxy) is 2. The number of methoxy groups -OCH3 is 1. The van der Waals surface area contributed by atoms with Crippen molar-refractivity contribution < 1.29 is 9.47 Å². The first-order valence-electron chi connectivity index (χ1n) is 6.13. The average Bonchev–Trinajstić information content (AvgIpc) is 2.43. The van der Waals surface area contributed by atoms with Gasteiger partial charge in [0.15, 0.2) is 0 Å². The monoisotopic (exact) mass is 259 g/mol. The number of rotatable bonds is 5. The van der Waals surface area contributed by atoms with E-state index in [9.17, 15) is 4.79 Å². The normalized spacial score (nSPS) is 10.2. The lowest BCUT2D eigenvalue weighted by Gasteiger charge is -2.09. The third-order valence-corrected chi connectivity index (χ3v) is 2.79. The number of nitrogens with zero attached hydrogens (tertiary/aromatic N) is 1. The number of aryl methyl sites for hydroxylation is 1. The van der Waals surface area contributed by atoms with Crippen molar-refractivity contribution in [2.45, 2.75) is 13.5 Å². The summed E-state index contributed by atoms with van der Waals surface area (Å²) < 4.78 is 12.3. The van der Waals surface area contributed by atoms with E-state index in [-0.39, 0.29) is 5.56 Å². The highest BCUT2D eigenvalue weighted by Gasteiger charge is 1.98. The molecule has 0 amide bonds. The highest BCUT2D eigenvalue weighted by Crippen LogP contribution is 2.16. The summed E-state index contributed by atoms with van der Waals surface area (Å²) in [5.74, 6) is 1.56. The Kier molecular flexibility index (Phi) is 4.23. The van der Waals surface area contributed by atoms with Crippen LogP contribution in [-0.4, -0.2) is 18.3 Å². The van der Waals surface area contributed by atoms with Crippen molar-refractivity contribution in [2.75, 3.05) is 13.7 Å². The van der Waals surface area contributed by atoms with E-state index in [0.29, 0.717) is 13.2 Å². The molecule has 19 heavy (non-hydrogen) atoms. The second kappa shape index (κ2) is 6.09. The minimum absolute atomic E-state index is 0.0102. The first-order chi connectivity index (χ1) is 9.19. The zero-order valence-electron chi connectivity index (χ0n) is 11.1. The molecule has 0 spiro atoms. The van der Waals surface area contributed by atoms with E-state index in [1.54, 1.807) is 17.7 Å². The largest absolute Gasteiger partial charge is 0.497 e. The molecule has 0 N–H and O–H groups in total. The number of benzene rings is 1. The van der Waals surface area contributed by atoms with Crippen molar-refractivity contribution in [1.29, 1.82) is 0 Å². The van der Waals surface area contributed by atoms with Gasteiger partial charge in [0.2, 0.25) is 0 Å². The molecule has 0 atom stereocenters. The fourth-order valence-electron chi connectivity index (χ4n) is 1.76. The Hall–Kier alpha value is -2.23. The lowest BCUT2D eigenvalue weighted by molar-refractivity contribution is 0.295. The van der Waals surface area contributed by atoms with Gasteiger partial charge in [-0.25, -0.2) is 0 Å². The molecular weight excluding hydrogens is 242 g/mol. The molecular formula is C15H17NO3. The number of pyridine rings is 1. The maximum atomic E-state index is 11.6. The zero-order valence-corrected chi connectivity index (χ0v) is 11.1. The van der Waals surface area contributed by atoms with Gasteiger partial charge < -0.3 is 14.0 Å². The molecule has 0 aliphatic carbocycles. The Balaban J connectivity index is 1.92. The quantitative estimate of drug-likeness (QED) is 0.826. The summed E-state index contributed by atoms with van der Waals surface area (Å²) in [4.78, 5) is 11.6. The van der Waals surface area contributed by atoms with Crippen LogP contribution in [0.3, 0.4) is 0 Å². The van der Waals surface area contributed by atoms with E-state index in [1.807, 2.05) is 43.5 Å². The van der Waals surface area contributed by atoms with Crippen molar-refractivity contribution in [3.63, 3.8) is 0 Å². The van der Waals surface area contributed by atoms with E-state index in [4.69, 9.17) is 9.47 Å². The Morgan fingerprint density at radius 2 is 1.74 bits per heavy atom. The molecule has 4 heteroatoms. The van der Waals surface area contributed by atoms with Crippen LogP contribution in [0, 0.1) is 6.92 Å². The lowest BCUT2D eigenvalue weighted by atomic mass is 10.3. The van der Waals surface area contributed by atoms with Crippen LogP contribution in [0.25, 0.3) is 0 Å². The molecule has 0 fully saturated rings. The van der Waals surface area contributed by atoms with Crippen molar-refractivity contribution >= 4 is 0 Å². The Morgan fingerprint density at radius 3 is 2.42 bits per heavy atom. The number of aromatic nitrogens is 1. The molecule has 4 nitrogen and oxygen atoms in total. The van der Waals surface area contributed by atoms with Gasteiger partial charge in [-0.3, -0.25) is 4.79 Å². The van der Waals surface area contributed by atoms with Crippen LogP contribution < -0.4 is 15.0 Å². The Labute approximate surface area is 112 Å². The van der Waals surface area contributed by atoms with E-state index >= 15 is 0 Å². The van der Waals surface area contributed by atoms with Crippen LogP contribution in [0.1, 0.15) is 5.56 Å². The van der Waals surface area contributed by atoms with Crippen molar-refractivity contribution in [1.82, 2.24) is 4.57 Å². The first kappa shape index (κ1) is 13.2. The van der Waals surface area contributed by atoms with E-state index in [0.717, 1.165) is 17.1 Å². The predicted octanol–water partition coefficient (Wildman–Crippen LogP) is 2.24. The lowest BCUT2D eigenvalue weighted by Crippen LogP contribution is -2.21. The molecule has 0 aliphatic rings. The molecule has 1 heterocycles. The Morgan fingerprint density at radius 1 is 1.05 bits per heavy atom. The average molecular weight is 259 g/mol. The number of hydrogen-bond acceptors (Lipinski definition) is 3. The standard InChI is InChI=1S/C15H17NO3/c1-12-3-8-15(17)16(11-12)9-10-19-14-6-4-13(18-2)5-7-14/h3-8,11H,9-10H2,1-2H3. The zero-order chi connectivity index (χ0) is 13.7. The van der Waals surface area contributed by atoms with Gasteiger partial charge in [0.05, 0.1) is 13.7 Å². The maximum Gasteiger partial charge on any atom is 0.250 e. The van der Waals surface area contributed by atoms with Gasteiger partial charge >= 0.3 is 0 Å². The minimum atomic E-state index is -0.0102. The molecule has 0 saturated heterocycles. The predicted molar refractivity (Wildman–Crippen MR) is 73.9 cm³/mol. The molecule has 0 bridgehead atoms. The molecule has 0 unspecified atom stereocenters. The molecule has 0 saturated carbocycles. The van der Waals surface area contributed by atoms with Gasteiger partial charge in [0.1, 0.15) is 18.1 Å². The van der Waals surface area contributed by atoms with Crippen LogP contribution in [0.15, 0.2) is 47.4 Å². The topological polar surface area (TPSA) is 40.5 Å². The smallest absolute Gasteiger partial charge is 0.250 e. The van der Waals surface area contributed by atoms with Crippen LogP contribution in [0.4, 0.5) is 0 Å².